The highest BCUT2D eigenvalue weighted by molar-refractivity contribution is 6.34. The third-order valence-electron chi connectivity index (χ3n) is 12.7. The van der Waals surface area contributed by atoms with Gasteiger partial charge in [0.05, 0.1) is 39.7 Å². The van der Waals surface area contributed by atoms with Crippen LogP contribution in [0, 0.1) is 13.8 Å². The third-order valence-corrected chi connectivity index (χ3v) is 13.3. The van der Waals surface area contributed by atoms with Crippen LogP contribution in [-0.4, -0.2) is 60.3 Å². The van der Waals surface area contributed by atoms with E-state index in [1.54, 1.807) is 31.2 Å². The molecule has 2 saturated heterocycles. The molecule has 0 amide bonds. The first-order chi connectivity index (χ1) is 32.5. The summed E-state index contributed by atoms with van der Waals surface area (Å²) in [6.45, 7) is 8.80. The molecule has 12 heteroatoms. The van der Waals surface area contributed by atoms with E-state index in [0.29, 0.717) is 45.9 Å². The number of hydrogen-bond donors (Lipinski definition) is 3. The maximum atomic E-state index is 11.9. The summed E-state index contributed by atoms with van der Waals surface area (Å²) in [5, 5.41) is 12.8. The number of anilines is 2. The second-order valence-corrected chi connectivity index (χ2v) is 18.1. The van der Waals surface area contributed by atoms with E-state index in [2.05, 4.69) is 86.5 Å². The lowest BCUT2D eigenvalue weighted by Crippen LogP contribution is -2.17. The molecule has 0 unspecified atom stereocenters. The first-order valence-electron chi connectivity index (χ1n) is 22.6. The molecule has 0 spiro atoms. The molecule has 0 radical (unpaired) electrons. The Morgan fingerprint density at radius 2 is 0.985 bits per heavy atom. The smallest absolute Gasteiger partial charge is 0.338 e. The number of carbonyl (C=O) groups excluding carboxylic acids is 1. The van der Waals surface area contributed by atoms with Crippen LogP contribution in [0.3, 0.4) is 0 Å². The number of H-pyrrole nitrogens is 2. The number of aryl methyl sites for hydroxylation is 2. The van der Waals surface area contributed by atoms with Gasteiger partial charge in [-0.1, -0.05) is 59.6 Å². The highest BCUT2D eigenvalue weighted by atomic mass is 35.5. The summed E-state index contributed by atoms with van der Waals surface area (Å²) >= 11 is 13.3. The molecule has 6 aromatic carbocycles. The highest BCUT2D eigenvalue weighted by Crippen LogP contribution is 2.36. The van der Waals surface area contributed by atoms with E-state index in [1.807, 2.05) is 37.3 Å². The van der Waals surface area contributed by atoms with Crippen LogP contribution in [-0.2, 0) is 18.0 Å². The number of aromatic carboxylic acids is 1. The molecule has 2 aliphatic heterocycles. The zero-order chi connectivity index (χ0) is 46.6. The fraction of sp³-hybridized carbons (Fsp3) is 0.236. The Hall–Kier alpha value is -6.88. The zero-order valence-electron chi connectivity index (χ0n) is 37.8. The van der Waals surface area contributed by atoms with Gasteiger partial charge in [-0.25, -0.2) is 9.59 Å². The van der Waals surface area contributed by atoms with Crippen LogP contribution in [0.4, 0.5) is 11.4 Å². The number of carboxylic acid groups (broad SMARTS) is 1. The minimum atomic E-state index is -0.959. The molecular weight excluding hydrogens is 884 g/mol. The fourth-order valence-electron chi connectivity index (χ4n) is 8.95. The number of nitrogens with zero attached hydrogens (tertiary/aromatic N) is 2. The molecule has 2 aromatic heterocycles. The summed E-state index contributed by atoms with van der Waals surface area (Å²) in [5.74, 6) is -0.196. The highest BCUT2D eigenvalue weighted by Gasteiger charge is 2.17. The summed E-state index contributed by atoms with van der Waals surface area (Å²) in [6.07, 6.45) is 5.04. The van der Waals surface area contributed by atoms with Crippen LogP contribution >= 0.6 is 23.2 Å². The molecule has 0 saturated carbocycles. The second kappa shape index (κ2) is 19.9. The SMILES string of the molecule is COC(=O)c1cc(OCc2cc3cc(-c4ccc(N5CCCC5)cc4)c(Cl)cc3[nH]2)ccc1C.Cc1ccc(OCc2cc3cc(-c4ccc(N5CCCC5)cc4)c(Cl)cc3[nH]2)cc1C(=O)O. The van der Waals surface area contributed by atoms with Gasteiger partial charge in [0.2, 0.25) is 0 Å². The number of halogens is 2. The average Bonchev–Trinajstić information content (AvgIpc) is 4.19. The molecule has 2 fully saturated rings. The molecular formula is C55H52Cl2N4O6. The lowest BCUT2D eigenvalue weighted by molar-refractivity contribution is 0.0598. The Morgan fingerprint density at radius 1 is 0.567 bits per heavy atom. The van der Waals surface area contributed by atoms with Crippen LogP contribution < -0.4 is 19.3 Å². The van der Waals surface area contributed by atoms with Gasteiger partial charge in [0.25, 0.3) is 0 Å². The fourth-order valence-corrected chi connectivity index (χ4v) is 9.49. The summed E-state index contributed by atoms with van der Waals surface area (Å²) in [5.41, 5.74) is 12.7. The van der Waals surface area contributed by atoms with Gasteiger partial charge in [0.15, 0.2) is 0 Å². The Bertz CT molecular complexity index is 3080. The minimum Gasteiger partial charge on any atom is -0.487 e. The standard InChI is InChI=1S/C28H27ClN2O3.C27H25ClN2O3/c1-18-5-10-23(15-24(18)28(32)33-2)34-17-21-13-20-14-25(26(29)16-27(20)30-21)19-6-8-22(9-7-19)31-11-3-4-12-31;1-17-4-9-22(14-23(17)27(31)32)33-16-20-12-19-13-24(25(28)15-26(19)29-20)18-5-7-21(8-6-18)30-10-2-3-11-30/h5-10,13-16,30H,3-4,11-12,17H2,1-2H3;4-9,12-15,29H,2-3,10-11,16H2,1H3,(H,31,32). The van der Waals surface area contributed by atoms with Crippen LogP contribution in [0.1, 0.15) is 68.9 Å². The quantitative estimate of drug-likeness (QED) is 0.104. The average molecular weight is 936 g/mol. The summed E-state index contributed by atoms with van der Waals surface area (Å²) in [7, 11) is 1.38. The Kier molecular flexibility index (Phi) is 13.5. The molecule has 4 heterocycles. The van der Waals surface area contributed by atoms with Crippen molar-refractivity contribution in [1.29, 1.82) is 0 Å². The lowest BCUT2D eigenvalue weighted by atomic mass is 10.0. The van der Waals surface area contributed by atoms with Crippen LogP contribution in [0.2, 0.25) is 10.0 Å². The number of ether oxygens (including phenoxy) is 3. The van der Waals surface area contributed by atoms with Crippen molar-refractivity contribution in [2.24, 2.45) is 0 Å². The van der Waals surface area contributed by atoms with Gasteiger partial charge in [-0.2, -0.15) is 0 Å². The molecule has 8 aromatic rings. The summed E-state index contributed by atoms with van der Waals surface area (Å²) in [4.78, 5) is 34.9. The van der Waals surface area contributed by atoms with Crippen molar-refractivity contribution in [3.8, 4) is 33.8 Å². The molecule has 0 atom stereocenters. The maximum Gasteiger partial charge on any atom is 0.338 e. The zero-order valence-corrected chi connectivity index (χ0v) is 39.3. The molecule has 3 N–H and O–H groups in total. The van der Waals surface area contributed by atoms with E-state index in [0.717, 1.165) is 87.2 Å². The normalized spacial score (nSPS) is 13.5. The van der Waals surface area contributed by atoms with E-state index in [9.17, 15) is 14.7 Å². The van der Waals surface area contributed by atoms with Gasteiger partial charge in [-0.15, -0.1) is 0 Å². The van der Waals surface area contributed by atoms with Crippen LogP contribution in [0.25, 0.3) is 44.1 Å². The van der Waals surface area contributed by atoms with Crippen molar-refractivity contribution in [3.63, 3.8) is 0 Å². The second-order valence-electron chi connectivity index (χ2n) is 17.2. The Morgan fingerprint density at radius 3 is 1.40 bits per heavy atom. The molecule has 342 valence electrons. The minimum absolute atomic E-state index is 0.247. The molecule has 67 heavy (non-hydrogen) atoms. The van der Waals surface area contributed by atoms with Gasteiger partial charge in [0, 0.05) is 70.5 Å². The van der Waals surface area contributed by atoms with Gasteiger partial charge >= 0.3 is 11.9 Å². The lowest BCUT2D eigenvalue weighted by Gasteiger charge is -2.18. The van der Waals surface area contributed by atoms with Crippen molar-refractivity contribution >= 4 is 68.3 Å². The molecule has 0 aliphatic carbocycles. The number of fused-ring (bicyclic) bond motifs is 2. The van der Waals surface area contributed by atoms with E-state index in [4.69, 9.17) is 37.4 Å². The number of benzene rings is 6. The number of methoxy groups -OCH3 is 1. The maximum absolute atomic E-state index is 11.9. The number of hydrogen-bond acceptors (Lipinski definition) is 7. The van der Waals surface area contributed by atoms with Gasteiger partial charge < -0.3 is 39.1 Å². The Labute approximate surface area is 400 Å². The van der Waals surface area contributed by atoms with Crippen molar-refractivity contribution in [2.45, 2.75) is 52.7 Å². The monoisotopic (exact) mass is 934 g/mol. The van der Waals surface area contributed by atoms with Gasteiger partial charge in [-0.3, -0.25) is 0 Å². The Balaban J connectivity index is 0.000000168. The number of nitrogens with one attached hydrogen (secondary N) is 2. The number of aromatic nitrogens is 2. The molecule has 0 bridgehead atoms. The third kappa shape index (κ3) is 10.3. The van der Waals surface area contributed by atoms with E-state index >= 15 is 0 Å². The first kappa shape index (κ1) is 45.3. The van der Waals surface area contributed by atoms with Crippen LogP contribution in [0.5, 0.6) is 11.5 Å². The van der Waals surface area contributed by atoms with Gasteiger partial charge in [0.1, 0.15) is 24.7 Å². The van der Waals surface area contributed by atoms with E-state index < -0.39 is 5.97 Å². The topological polar surface area (TPSA) is 120 Å². The number of rotatable bonds is 12. The molecule has 2 aliphatic rings. The predicted octanol–water partition coefficient (Wildman–Crippen LogP) is 13.4. The summed E-state index contributed by atoms with van der Waals surface area (Å²) < 4.78 is 16.6. The number of esters is 1. The van der Waals surface area contributed by atoms with E-state index in [-0.39, 0.29) is 11.5 Å². The van der Waals surface area contributed by atoms with Crippen molar-refractivity contribution in [2.75, 3.05) is 43.1 Å². The summed E-state index contributed by atoms with van der Waals surface area (Å²) in [6, 6.07) is 40.0. The van der Waals surface area contributed by atoms with Crippen molar-refractivity contribution in [1.82, 2.24) is 9.97 Å². The van der Waals surface area contributed by atoms with Crippen molar-refractivity contribution < 1.29 is 28.9 Å². The molecule has 10 nitrogen and oxygen atoms in total. The molecule has 10 rings (SSSR count). The predicted molar refractivity (Wildman–Crippen MR) is 270 cm³/mol. The number of carbonyl (C=O) groups is 2. The first-order valence-corrected chi connectivity index (χ1v) is 23.4. The largest absolute Gasteiger partial charge is 0.487 e. The van der Waals surface area contributed by atoms with E-state index in [1.165, 1.54) is 44.2 Å². The van der Waals surface area contributed by atoms with Gasteiger partial charge in [-0.05, 0) is 147 Å². The van der Waals surface area contributed by atoms with Crippen LogP contribution in [0.15, 0.2) is 121 Å². The van der Waals surface area contributed by atoms with Crippen molar-refractivity contribution in [3.05, 3.63) is 165 Å². The number of carboxylic acids is 1. The number of aromatic amines is 2.